The van der Waals surface area contributed by atoms with E-state index in [4.69, 9.17) is 42.4 Å². The summed E-state index contributed by atoms with van der Waals surface area (Å²) < 4.78 is 17.3. The molecule has 6 nitrogen and oxygen atoms in total. The first-order chi connectivity index (χ1) is 20.4. The van der Waals surface area contributed by atoms with Crippen LogP contribution in [0.15, 0.2) is 71.7 Å². The highest BCUT2D eigenvalue weighted by Crippen LogP contribution is 2.40. The number of thiophene rings is 1. The molecule has 2 heterocycles. The van der Waals surface area contributed by atoms with Crippen LogP contribution >= 0.6 is 34.5 Å². The standard InChI is InChI=1S/C33H32Cl2N2O4S/c1-3-39-29-16-23(10-13-28(29)41-21-24-11-12-25(34)17-27(24)35)18-36-32-31(33(38)40-4-2)26-14-15-37(20-30(26)42-32)19-22-8-6-5-7-9-22/h5-13,16-18H,3-4,14-15,19-21H2,1-2H3. The van der Waals surface area contributed by atoms with Gasteiger partial charge in [0.25, 0.3) is 0 Å². The predicted octanol–water partition coefficient (Wildman–Crippen LogP) is 8.52. The third kappa shape index (κ3) is 7.34. The Kier molecular flexibility index (Phi) is 10.2. The van der Waals surface area contributed by atoms with Crippen molar-refractivity contribution in [3.05, 3.63) is 109 Å². The van der Waals surface area contributed by atoms with E-state index in [2.05, 4.69) is 29.2 Å². The van der Waals surface area contributed by atoms with E-state index in [-0.39, 0.29) is 12.6 Å². The molecule has 4 aromatic rings. The minimum atomic E-state index is -0.321. The number of benzene rings is 3. The summed E-state index contributed by atoms with van der Waals surface area (Å²) in [7, 11) is 0. The van der Waals surface area contributed by atoms with Gasteiger partial charge in [-0.25, -0.2) is 9.79 Å². The van der Waals surface area contributed by atoms with E-state index >= 15 is 0 Å². The smallest absolute Gasteiger partial charge is 0.341 e. The number of carbonyl (C=O) groups is 1. The van der Waals surface area contributed by atoms with E-state index in [0.717, 1.165) is 47.6 Å². The van der Waals surface area contributed by atoms with E-state index in [1.165, 1.54) is 5.56 Å². The lowest BCUT2D eigenvalue weighted by atomic mass is 10.0. The molecule has 9 heteroatoms. The molecule has 0 bridgehead atoms. The van der Waals surface area contributed by atoms with Crippen molar-refractivity contribution in [2.24, 2.45) is 4.99 Å². The Bertz CT molecular complexity index is 1570. The Morgan fingerprint density at radius 3 is 2.60 bits per heavy atom. The van der Waals surface area contributed by atoms with Crippen molar-refractivity contribution >= 4 is 51.7 Å². The zero-order valence-electron chi connectivity index (χ0n) is 23.6. The number of aliphatic imine (C=N–C) groups is 1. The largest absolute Gasteiger partial charge is 0.490 e. The molecule has 5 rings (SSSR count). The molecular weight excluding hydrogens is 591 g/mol. The van der Waals surface area contributed by atoms with Gasteiger partial charge in [-0.3, -0.25) is 4.90 Å². The number of esters is 1. The summed E-state index contributed by atoms with van der Waals surface area (Å²) in [5, 5.41) is 1.78. The summed E-state index contributed by atoms with van der Waals surface area (Å²) >= 11 is 13.9. The second-order valence-electron chi connectivity index (χ2n) is 9.77. The van der Waals surface area contributed by atoms with Crippen LogP contribution in [0.4, 0.5) is 5.00 Å². The maximum atomic E-state index is 13.0. The maximum absolute atomic E-state index is 13.0. The number of nitrogens with zero attached hydrogens (tertiary/aromatic N) is 2. The quantitative estimate of drug-likeness (QED) is 0.124. The van der Waals surface area contributed by atoms with Crippen LogP contribution in [0.25, 0.3) is 0 Å². The van der Waals surface area contributed by atoms with Gasteiger partial charge in [-0.2, -0.15) is 0 Å². The fourth-order valence-electron chi connectivity index (χ4n) is 4.84. The molecule has 0 radical (unpaired) electrons. The number of fused-ring (bicyclic) bond motifs is 1. The molecule has 1 aliphatic heterocycles. The third-order valence-corrected chi connectivity index (χ3v) is 8.55. The third-order valence-electron chi connectivity index (χ3n) is 6.84. The molecule has 0 saturated carbocycles. The van der Waals surface area contributed by atoms with Crippen LogP contribution in [0, 0.1) is 0 Å². The summed E-state index contributed by atoms with van der Waals surface area (Å²) in [6, 6.07) is 21.4. The van der Waals surface area contributed by atoms with Crippen molar-refractivity contribution in [1.29, 1.82) is 0 Å². The van der Waals surface area contributed by atoms with Gasteiger partial charge in [0.15, 0.2) is 11.5 Å². The molecule has 0 fully saturated rings. The van der Waals surface area contributed by atoms with Gasteiger partial charge >= 0.3 is 5.97 Å². The Hall–Kier alpha value is -3.36. The summed E-state index contributed by atoms with van der Waals surface area (Å²) in [4.78, 5) is 21.4. The van der Waals surface area contributed by atoms with Crippen LogP contribution in [0.2, 0.25) is 10.0 Å². The van der Waals surface area contributed by atoms with Crippen molar-refractivity contribution in [2.75, 3.05) is 19.8 Å². The van der Waals surface area contributed by atoms with Gasteiger partial charge in [-0.1, -0.05) is 59.6 Å². The lowest BCUT2D eigenvalue weighted by molar-refractivity contribution is 0.0526. The number of ether oxygens (including phenoxy) is 3. The minimum Gasteiger partial charge on any atom is -0.490 e. The zero-order chi connectivity index (χ0) is 29.5. The molecule has 0 unspecified atom stereocenters. The maximum Gasteiger partial charge on any atom is 0.341 e. The first-order valence-corrected chi connectivity index (χ1v) is 15.5. The molecule has 1 aromatic heterocycles. The van der Waals surface area contributed by atoms with Crippen LogP contribution in [0.3, 0.4) is 0 Å². The van der Waals surface area contributed by atoms with Gasteiger partial charge in [-0.15, -0.1) is 11.3 Å². The van der Waals surface area contributed by atoms with Crippen molar-refractivity contribution in [2.45, 2.75) is 40.0 Å². The highest BCUT2D eigenvalue weighted by molar-refractivity contribution is 7.16. The zero-order valence-corrected chi connectivity index (χ0v) is 25.9. The van der Waals surface area contributed by atoms with Crippen molar-refractivity contribution < 1.29 is 19.0 Å². The van der Waals surface area contributed by atoms with E-state index in [1.807, 2.05) is 44.2 Å². The second kappa shape index (κ2) is 14.2. The highest BCUT2D eigenvalue weighted by Gasteiger charge is 2.28. The number of hydrogen-bond donors (Lipinski definition) is 0. The fraction of sp³-hybridized carbons (Fsp3) is 0.273. The lowest BCUT2D eigenvalue weighted by Gasteiger charge is -2.27. The SMILES string of the molecule is CCOC(=O)c1c(N=Cc2ccc(OCc3ccc(Cl)cc3Cl)c(OCC)c2)sc2c1CCN(Cc1ccccc1)C2. The average Bonchev–Trinajstić information content (AvgIpc) is 3.35. The minimum absolute atomic E-state index is 0.272. The molecule has 218 valence electrons. The van der Waals surface area contributed by atoms with Gasteiger partial charge in [0.2, 0.25) is 0 Å². The number of carbonyl (C=O) groups excluding carboxylic acids is 1. The first-order valence-electron chi connectivity index (χ1n) is 13.9. The van der Waals surface area contributed by atoms with Crippen LogP contribution in [-0.4, -0.2) is 36.8 Å². The van der Waals surface area contributed by atoms with Gasteiger partial charge in [0.1, 0.15) is 11.6 Å². The molecular formula is C33H32Cl2N2O4S. The van der Waals surface area contributed by atoms with E-state index in [0.29, 0.717) is 45.3 Å². The molecule has 0 N–H and O–H groups in total. The number of rotatable bonds is 11. The van der Waals surface area contributed by atoms with Gasteiger partial charge < -0.3 is 14.2 Å². The van der Waals surface area contributed by atoms with Crippen LogP contribution in [0.1, 0.15) is 51.3 Å². The van der Waals surface area contributed by atoms with Crippen molar-refractivity contribution in [3.63, 3.8) is 0 Å². The normalized spacial score (nSPS) is 13.2. The topological polar surface area (TPSA) is 60.4 Å². The summed E-state index contributed by atoms with van der Waals surface area (Å²) in [5.41, 5.74) is 4.55. The highest BCUT2D eigenvalue weighted by atomic mass is 35.5. The molecule has 1 aliphatic rings. The Balaban J connectivity index is 1.36. The first kappa shape index (κ1) is 30.1. The molecule has 3 aromatic carbocycles. The van der Waals surface area contributed by atoms with Crippen LogP contribution in [0.5, 0.6) is 11.5 Å². The average molecular weight is 624 g/mol. The summed E-state index contributed by atoms with van der Waals surface area (Å²) in [5.74, 6) is 0.870. The molecule has 0 atom stereocenters. The molecule has 42 heavy (non-hydrogen) atoms. The van der Waals surface area contributed by atoms with Crippen molar-refractivity contribution in [3.8, 4) is 11.5 Å². The van der Waals surface area contributed by atoms with Gasteiger partial charge in [0.05, 0.1) is 18.8 Å². The van der Waals surface area contributed by atoms with Crippen molar-refractivity contribution in [1.82, 2.24) is 4.90 Å². The van der Waals surface area contributed by atoms with E-state index in [1.54, 1.807) is 29.7 Å². The monoisotopic (exact) mass is 622 g/mol. The van der Waals surface area contributed by atoms with Crippen LogP contribution < -0.4 is 9.47 Å². The Morgan fingerprint density at radius 1 is 1.00 bits per heavy atom. The molecule has 0 amide bonds. The van der Waals surface area contributed by atoms with Crippen LogP contribution in [-0.2, 0) is 30.9 Å². The Labute approximate surface area is 260 Å². The predicted molar refractivity (Wildman–Crippen MR) is 170 cm³/mol. The number of halogens is 2. The molecule has 0 aliphatic carbocycles. The molecule has 0 spiro atoms. The summed E-state index contributed by atoms with van der Waals surface area (Å²) in [6.45, 7) is 7.31. The number of hydrogen-bond acceptors (Lipinski definition) is 7. The van der Waals surface area contributed by atoms with Gasteiger partial charge in [-0.05, 0) is 67.3 Å². The van der Waals surface area contributed by atoms with E-state index in [9.17, 15) is 4.79 Å². The summed E-state index contributed by atoms with van der Waals surface area (Å²) in [6.07, 6.45) is 2.53. The second-order valence-corrected chi connectivity index (χ2v) is 11.7. The molecule has 0 saturated heterocycles. The Morgan fingerprint density at radius 2 is 1.83 bits per heavy atom. The van der Waals surface area contributed by atoms with Gasteiger partial charge in [0, 0.05) is 46.3 Å². The fourth-order valence-corrected chi connectivity index (χ4v) is 6.53. The van der Waals surface area contributed by atoms with E-state index < -0.39 is 0 Å². The lowest BCUT2D eigenvalue weighted by Crippen LogP contribution is -2.29.